The summed E-state index contributed by atoms with van der Waals surface area (Å²) in [5.41, 5.74) is 1.69. The van der Waals surface area contributed by atoms with E-state index in [4.69, 9.17) is 5.11 Å². The van der Waals surface area contributed by atoms with Crippen LogP contribution in [-0.4, -0.2) is 91.0 Å². The molecule has 0 aliphatic carbocycles. The van der Waals surface area contributed by atoms with Gasteiger partial charge in [0.15, 0.2) is 0 Å². The fraction of sp³-hybridized carbons (Fsp3) is 0.433. The summed E-state index contributed by atoms with van der Waals surface area (Å²) in [5, 5.41) is 26.5. The van der Waals surface area contributed by atoms with Crippen molar-refractivity contribution in [2.75, 3.05) is 34.3 Å². The topological polar surface area (TPSA) is 177 Å². The number of nitrogens with zero attached hydrogens (tertiary/aromatic N) is 1. The lowest BCUT2D eigenvalue weighted by Gasteiger charge is -2.27. The third kappa shape index (κ3) is 14.3. The summed E-state index contributed by atoms with van der Waals surface area (Å²) in [6.07, 6.45) is 1.06. The van der Waals surface area contributed by atoms with Crippen molar-refractivity contribution in [1.82, 2.24) is 26.2 Å². The monoisotopic (exact) mass is 587 g/mol. The van der Waals surface area contributed by atoms with E-state index in [-0.39, 0.29) is 31.2 Å². The highest BCUT2D eigenvalue weighted by Gasteiger charge is 2.27. The molecule has 5 amide bonds. The molecule has 232 valence electrons. The van der Waals surface area contributed by atoms with Gasteiger partial charge in [0.2, 0.25) is 29.5 Å². The van der Waals surface area contributed by atoms with Crippen molar-refractivity contribution in [2.24, 2.45) is 0 Å². The van der Waals surface area contributed by atoms with Gasteiger partial charge in [-0.25, -0.2) is 0 Å². The van der Waals surface area contributed by atoms with Crippen LogP contribution >= 0.6 is 0 Å². The highest BCUT2D eigenvalue weighted by atomic mass is 16.3. The standard InChI is InChI=1S/C27H35N5O6.C2H6.CH4O/c1-18(33)29-16-24(35)31-22(15-20-9-12-21(34)13-10-20)26(37)30-17-25(36)32(3)23(27(38)28-2)14-11-19-7-5-4-6-8-19;2*1-2/h4-10,12-13,22-23,34H,11,14-17H2,1-3H3,(H,28,38)(H,29,33)(H,30,37)(H,31,35);1-2H3;2H,1H3. The van der Waals surface area contributed by atoms with Gasteiger partial charge in [-0.2, -0.15) is 0 Å². The van der Waals surface area contributed by atoms with Gasteiger partial charge in [0, 0.05) is 34.5 Å². The molecule has 2 aromatic carbocycles. The summed E-state index contributed by atoms with van der Waals surface area (Å²) >= 11 is 0. The van der Waals surface area contributed by atoms with Crippen LogP contribution < -0.4 is 21.3 Å². The second-order valence-electron chi connectivity index (χ2n) is 8.78. The van der Waals surface area contributed by atoms with Gasteiger partial charge in [-0.15, -0.1) is 0 Å². The zero-order valence-corrected chi connectivity index (χ0v) is 25.3. The quantitative estimate of drug-likeness (QED) is 0.198. The molecular weight excluding hydrogens is 542 g/mol. The average molecular weight is 588 g/mol. The molecule has 0 aromatic heterocycles. The number of rotatable bonds is 13. The number of hydrogen-bond donors (Lipinski definition) is 6. The number of aromatic hydroxyl groups is 1. The van der Waals surface area contributed by atoms with Crippen LogP contribution in [-0.2, 0) is 36.8 Å². The molecule has 12 heteroatoms. The highest BCUT2D eigenvalue weighted by Crippen LogP contribution is 2.12. The van der Waals surface area contributed by atoms with Crippen molar-refractivity contribution in [2.45, 2.75) is 52.1 Å². The van der Waals surface area contributed by atoms with Crippen molar-refractivity contribution < 1.29 is 34.2 Å². The minimum Gasteiger partial charge on any atom is -0.508 e. The second kappa shape index (κ2) is 21.3. The summed E-state index contributed by atoms with van der Waals surface area (Å²) in [4.78, 5) is 63.1. The van der Waals surface area contributed by atoms with Crippen LogP contribution in [0, 0.1) is 0 Å². The van der Waals surface area contributed by atoms with Gasteiger partial charge < -0.3 is 36.4 Å². The molecule has 0 fully saturated rings. The summed E-state index contributed by atoms with van der Waals surface area (Å²) in [6, 6.07) is 13.9. The van der Waals surface area contributed by atoms with Crippen LogP contribution in [0.25, 0.3) is 0 Å². The molecule has 0 bridgehead atoms. The molecule has 0 saturated heterocycles. The average Bonchev–Trinajstić information content (AvgIpc) is 3.01. The smallest absolute Gasteiger partial charge is 0.243 e. The highest BCUT2D eigenvalue weighted by molar-refractivity contribution is 5.93. The Morgan fingerprint density at radius 2 is 1.43 bits per heavy atom. The molecule has 2 atom stereocenters. The first-order valence-corrected chi connectivity index (χ1v) is 13.7. The van der Waals surface area contributed by atoms with E-state index < -0.39 is 35.7 Å². The number of benzene rings is 2. The number of aryl methyl sites for hydroxylation is 1. The molecule has 0 heterocycles. The number of nitrogens with one attached hydrogen (secondary N) is 4. The Kier molecular flexibility index (Phi) is 19.1. The van der Waals surface area contributed by atoms with Crippen LogP contribution in [0.15, 0.2) is 54.6 Å². The lowest BCUT2D eigenvalue weighted by Crippen LogP contribution is -2.53. The number of amides is 5. The zero-order valence-electron chi connectivity index (χ0n) is 25.3. The lowest BCUT2D eigenvalue weighted by molar-refractivity contribution is -0.139. The number of phenols is 1. The minimum atomic E-state index is -1.05. The Bertz CT molecular complexity index is 1110. The predicted molar refractivity (Wildman–Crippen MR) is 160 cm³/mol. The van der Waals surface area contributed by atoms with Crippen molar-refractivity contribution in [3.63, 3.8) is 0 Å². The number of phenolic OH excluding ortho intramolecular Hbond substituents is 1. The van der Waals surface area contributed by atoms with Crippen LogP contribution in [0.5, 0.6) is 5.75 Å². The van der Waals surface area contributed by atoms with E-state index in [9.17, 15) is 29.1 Å². The van der Waals surface area contributed by atoms with Crippen LogP contribution in [0.1, 0.15) is 38.3 Å². The van der Waals surface area contributed by atoms with Gasteiger partial charge in [-0.1, -0.05) is 56.3 Å². The SMILES string of the molecule is CC.CNC(=O)C(CCc1ccccc1)N(C)C(=O)CNC(=O)C(Cc1ccc(O)cc1)NC(=O)CNC(C)=O.CO. The Labute approximate surface area is 247 Å². The molecule has 0 aliphatic heterocycles. The normalized spacial score (nSPS) is 11.1. The van der Waals surface area contributed by atoms with Gasteiger partial charge in [0.05, 0.1) is 13.1 Å². The summed E-state index contributed by atoms with van der Waals surface area (Å²) in [7, 11) is 4.00. The number of aliphatic hydroxyl groups is 1. The second-order valence-corrected chi connectivity index (χ2v) is 8.78. The van der Waals surface area contributed by atoms with E-state index in [0.29, 0.717) is 18.4 Å². The van der Waals surface area contributed by atoms with E-state index in [1.807, 2.05) is 44.2 Å². The van der Waals surface area contributed by atoms with Crippen molar-refractivity contribution in [3.8, 4) is 5.75 Å². The van der Waals surface area contributed by atoms with Crippen molar-refractivity contribution >= 4 is 29.5 Å². The van der Waals surface area contributed by atoms with Gasteiger partial charge in [0.25, 0.3) is 0 Å². The molecule has 12 nitrogen and oxygen atoms in total. The third-order valence-electron chi connectivity index (χ3n) is 5.90. The molecular formula is C30H45N5O7. The molecule has 0 saturated carbocycles. The van der Waals surface area contributed by atoms with Gasteiger partial charge in [0.1, 0.15) is 17.8 Å². The number of aliphatic hydroxyl groups excluding tert-OH is 1. The van der Waals surface area contributed by atoms with Crippen LogP contribution in [0.4, 0.5) is 0 Å². The number of hydrogen-bond acceptors (Lipinski definition) is 7. The predicted octanol–water partition coefficient (Wildman–Crippen LogP) is 0.512. The van der Waals surface area contributed by atoms with E-state index in [2.05, 4.69) is 21.3 Å². The maximum absolute atomic E-state index is 13.0. The fourth-order valence-electron chi connectivity index (χ4n) is 3.73. The zero-order chi connectivity index (χ0) is 32.1. The molecule has 2 unspecified atom stereocenters. The number of carbonyl (C=O) groups is 5. The van der Waals surface area contributed by atoms with E-state index >= 15 is 0 Å². The van der Waals surface area contributed by atoms with Gasteiger partial charge in [-0.05, 0) is 36.1 Å². The number of carbonyl (C=O) groups excluding carboxylic acids is 5. The van der Waals surface area contributed by atoms with Gasteiger partial charge in [-0.3, -0.25) is 24.0 Å². The maximum atomic E-state index is 13.0. The Balaban J connectivity index is 0.00000402. The Hall–Kier alpha value is -4.45. The van der Waals surface area contributed by atoms with Crippen molar-refractivity contribution in [1.29, 1.82) is 0 Å². The van der Waals surface area contributed by atoms with E-state index in [0.717, 1.165) is 12.7 Å². The molecule has 2 aromatic rings. The summed E-state index contributed by atoms with van der Waals surface area (Å²) in [5.74, 6) is -2.34. The molecule has 6 N–H and O–H groups in total. The van der Waals surface area contributed by atoms with E-state index in [1.165, 1.54) is 38.1 Å². The Morgan fingerprint density at radius 1 is 0.833 bits per heavy atom. The molecule has 2 rings (SSSR count). The van der Waals surface area contributed by atoms with E-state index in [1.54, 1.807) is 12.1 Å². The maximum Gasteiger partial charge on any atom is 0.243 e. The van der Waals surface area contributed by atoms with Crippen LogP contribution in [0.3, 0.4) is 0 Å². The first-order chi connectivity index (χ1) is 20.1. The number of likely N-dealkylation sites (N-methyl/N-ethyl adjacent to an activating group) is 2. The summed E-state index contributed by atoms with van der Waals surface area (Å²) < 4.78 is 0. The molecule has 0 aliphatic rings. The molecule has 0 spiro atoms. The Morgan fingerprint density at radius 3 is 1.98 bits per heavy atom. The lowest BCUT2D eigenvalue weighted by atomic mass is 10.0. The fourth-order valence-corrected chi connectivity index (χ4v) is 3.73. The molecule has 0 radical (unpaired) electrons. The molecule has 42 heavy (non-hydrogen) atoms. The minimum absolute atomic E-state index is 0.0519. The largest absolute Gasteiger partial charge is 0.508 e. The summed E-state index contributed by atoms with van der Waals surface area (Å²) in [6.45, 7) is 4.56. The van der Waals surface area contributed by atoms with Crippen LogP contribution in [0.2, 0.25) is 0 Å². The van der Waals surface area contributed by atoms with Crippen molar-refractivity contribution in [3.05, 3.63) is 65.7 Å². The first kappa shape index (κ1) is 37.6. The van der Waals surface area contributed by atoms with Gasteiger partial charge >= 0.3 is 0 Å². The third-order valence-corrected chi connectivity index (χ3v) is 5.90. The first-order valence-electron chi connectivity index (χ1n) is 13.7.